The quantitative estimate of drug-likeness (QED) is 0.886. The second-order valence-electron chi connectivity index (χ2n) is 4.78. The predicted octanol–water partition coefficient (Wildman–Crippen LogP) is 2.19. The van der Waals surface area contributed by atoms with Crippen LogP contribution in [0.2, 0.25) is 0 Å². The van der Waals surface area contributed by atoms with E-state index in [9.17, 15) is 8.78 Å². The molecule has 2 nitrogen and oxygen atoms in total. The molecule has 1 aliphatic rings. The first-order valence-corrected chi connectivity index (χ1v) is 6.63. The molecule has 1 aromatic carbocycles. The molecule has 1 aliphatic heterocycles. The van der Waals surface area contributed by atoms with E-state index < -0.39 is 0 Å². The minimum absolute atomic E-state index is 0.297. The van der Waals surface area contributed by atoms with Crippen LogP contribution in [-0.4, -0.2) is 37.6 Å². The highest BCUT2D eigenvalue weighted by Gasteiger charge is 2.09. The molecule has 2 rings (SSSR count). The highest BCUT2D eigenvalue weighted by molar-refractivity contribution is 5.18. The highest BCUT2D eigenvalue weighted by atomic mass is 19.1. The summed E-state index contributed by atoms with van der Waals surface area (Å²) in [5.74, 6) is -0.653. The van der Waals surface area contributed by atoms with E-state index in [4.69, 9.17) is 0 Å². The van der Waals surface area contributed by atoms with Crippen molar-refractivity contribution in [3.8, 4) is 0 Å². The van der Waals surface area contributed by atoms with Gasteiger partial charge in [0, 0.05) is 13.1 Å². The van der Waals surface area contributed by atoms with Crippen LogP contribution in [-0.2, 0) is 6.42 Å². The van der Waals surface area contributed by atoms with E-state index >= 15 is 0 Å². The molecular formula is C14H20F2N2. The third-order valence-electron chi connectivity index (χ3n) is 3.36. The van der Waals surface area contributed by atoms with Crippen molar-refractivity contribution in [1.82, 2.24) is 10.2 Å². The van der Waals surface area contributed by atoms with Gasteiger partial charge >= 0.3 is 0 Å². The lowest BCUT2D eigenvalue weighted by Gasteiger charge is -2.19. The van der Waals surface area contributed by atoms with Crippen LogP contribution < -0.4 is 5.32 Å². The van der Waals surface area contributed by atoms with Gasteiger partial charge in [-0.2, -0.15) is 0 Å². The molecule has 0 saturated carbocycles. The Balaban J connectivity index is 1.78. The van der Waals surface area contributed by atoms with Gasteiger partial charge in [-0.3, -0.25) is 0 Å². The van der Waals surface area contributed by atoms with Crippen molar-refractivity contribution in [2.45, 2.75) is 19.3 Å². The van der Waals surface area contributed by atoms with Crippen molar-refractivity contribution < 1.29 is 8.78 Å². The van der Waals surface area contributed by atoms with Crippen LogP contribution in [0.5, 0.6) is 0 Å². The molecule has 0 atom stereocenters. The molecule has 0 spiro atoms. The summed E-state index contributed by atoms with van der Waals surface area (Å²) < 4.78 is 26.4. The van der Waals surface area contributed by atoms with Gasteiger partial charge in [0.05, 0.1) is 0 Å². The van der Waals surface area contributed by atoms with Gasteiger partial charge < -0.3 is 10.2 Å². The molecule has 1 heterocycles. The smallest absolute Gasteiger partial charge is 0.126 e. The van der Waals surface area contributed by atoms with E-state index in [2.05, 4.69) is 10.2 Å². The molecular weight excluding hydrogens is 234 g/mol. The normalized spacial score (nSPS) is 17.7. The Morgan fingerprint density at radius 2 is 2.06 bits per heavy atom. The average Bonchev–Trinajstić information content (AvgIpc) is 2.62. The van der Waals surface area contributed by atoms with E-state index in [1.807, 2.05) is 0 Å². The van der Waals surface area contributed by atoms with E-state index in [0.29, 0.717) is 12.0 Å². The van der Waals surface area contributed by atoms with Crippen molar-refractivity contribution in [3.63, 3.8) is 0 Å². The lowest BCUT2D eigenvalue weighted by Crippen LogP contribution is -2.29. The van der Waals surface area contributed by atoms with Crippen LogP contribution in [0.25, 0.3) is 0 Å². The number of nitrogens with one attached hydrogen (secondary N) is 1. The van der Waals surface area contributed by atoms with Gasteiger partial charge in [0.15, 0.2) is 0 Å². The minimum atomic E-state index is -0.356. The third kappa shape index (κ3) is 4.03. The summed E-state index contributed by atoms with van der Waals surface area (Å²) in [6.07, 6.45) is 2.64. The zero-order valence-corrected chi connectivity index (χ0v) is 10.6. The lowest BCUT2D eigenvalue weighted by atomic mass is 10.1. The van der Waals surface area contributed by atoms with E-state index in [1.165, 1.54) is 18.2 Å². The molecule has 0 aromatic heterocycles. The molecule has 0 unspecified atom stereocenters. The van der Waals surface area contributed by atoms with E-state index in [0.717, 1.165) is 45.6 Å². The van der Waals surface area contributed by atoms with Gasteiger partial charge in [-0.15, -0.1) is 0 Å². The van der Waals surface area contributed by atoms with Crippen LogP contribution in [0.15, 0.2) is 18.2 Å². The Morgan fingerprint density at radius 1 is 1.17 bits per heavy atom. The zero-order valence-electron chi connectivity index (χ0n) is 10.6. The van der Waals surface area contributed by atoms with Gasteiger partial charge in [0.2, 0.25) is 0 Å². The maximum atomic E-state index is 13.4. The van der Waals surface area contributed by atoms with Crippen molar-refractivity contribution in [1.29, 1.82) is 0 Å². The molecule has 18 heavy (non-hydrogen) atoms. The van der Waals surface area contributed by atoms with Crippen LogP contribution in [0.4, 0.5) is 8.78 Å². The summed E-state index contributed by atoms with van der Waals surface area (Å²) in [5, 5.41) is 3.35. The molecule has 1 N–H and O–H groups in total. The monoisotopic (exact) mass is 254 g/mol. The number of benzene rings is 1. The molecule has 1 saturated heterocycles. The summed E-state index contributed by atoms with van der Waals surface area (Å²) in [6, 6.07) is 3.68. The second kappa shape index (κ2) is 6.81. The molecule has 0 amide bonds. The predicted molar refractivity (Wildman–Crippen MR) is 68.6 cm³/mol. The van der Waals surface area contributed by atoms with Gasteiger partial charge in [-0.1, -0.05) is 0 Å². The molecule has 100 valence electrons. The van der Waals surface area contributed by atoms with Crippen molar-refractivity contribution >= 4 is 0 Å². The van der Waals surface area contributed by atoms with Crippen LogP contribution in [0, 0.1) is 11.6 Å². The van der Waals surface area contributed by atoms with Gasteiger partial charge in [-0.25, -0.2) is 8.78 Å². The minimum Gasteiger partial charge on any atom is -0.315 e. The molecule has 0 radical (unpaired) electrons. The van der Waals surface area contributed by atoms with Crippen molar-refractivity contribution in [2.75, 3.05) is 32.7 Å². The summed E-state index contributed by atoms with van der Waals surface area (Å²) in [6.45, 7) is 5.20. The number of aryl methyl sites for hydroxylation is 1. The fraction of sp³-hybridized carbons (Fsp3) is 0.571. The Labute approximate surface area is 107 Å². The Hall–Kier alpha value is -1.00. The Morgan fingerprint density at radius 3 is 2.94 bits per heavy atom. The topological polar surface area (TPSA) is 15.3 Å². The van der Waals surface area contributed by atoms with E-state index in [1.54, 1.807) is 0 Å². The number of rotatable bonds is 4. The second-order valence-corrected chi connectivity index (χ2v) is 4.78. The number of halogens is 2. The first-order valence-electron chi connectivity index (χ1n) is 6.63. The summed E-state index contributed by atoms with van der Waals surface area (Å²) in [7, 11) is 0. The SMILES string of the molecule is Fc1ccc(F)c(CCCN2CCCNCC2)c1. The molecule has 1 aromatic rings. The first-order chi connectivity index (χ1) is 8.75. The molecule has 0 bridgehead atoms. The van der Waals surface area contributed by atoms with Crippen LogP contribution in [0.1, 0.15) is 18.4 Å². The number of hydrogen-bond donors (Lipinski definition) is 1. The number of nitrogens with zero attached hydrogens (tertiary/aromatic N) is 1. The average molecular weight is 254 g/mol. The fourth-order valence-corrected chi connectivity index (χ4v) is 2.35. The van der Waals surface area contributed by atoms with Gasteiger partial charge in [0.25, 0.3) is 0 Å². The summed E-state index contributed by atoms with van der Waals surface area (Å²) in [4.78, 5) is 2.39. The van der Waals surface area contributed by atoms with Crippen LogP contribution in [0.3, 0.4) is 0 Å². The third-order valence-corrected chi connectivity index (χ3v) is 3.36. The largest absolute Gasteiger partial charge is 0.315 e. The highest BCUT2D eigenvalue weighted by Crippen LogP contribution is 2.12. The maximum absolute atomic E-state index is 13.4. The zero-order chi connectivity index (χ0) is 12.8. The van der Waals surface area contributed by atoms with Gasteiger partial charge in [0.1, 0.15) is 11.6 Å². The molecule has 4 heteroatoms. The molecule has 1 fully saturated rings. The number of hydrogen-bond acceptors (Lipinski definition) is 2. The maximum Gasteiger partial charge on any atom is 0.126 e. The summed E-state index contributed by atoms with van der Waals surface area (Å²) >= 11 is 0. The lowest BCUT2D eigenvalue weighted by molar-refractivity contribution is 0.288. The fourth-order valence-electron chi connectivity index (χ4n) is 2.35. The van der Waals surface area contributed by atoms with Gasteiger partial charge in [-0.05, 0) is 62.7 Å². The molecule has 0 aliphatic carbocycles. The summed E-state index contributed by atoms with van der Waals surface area (Å²) in [5.41, 5.74) is 0.489. The first kappa shape index (κ1) is 13.4. The van der Waals surface area contributed by atoms with Crippen LogP contribution >= 0.6 is 0 Å². The van der Waals surface area contributed by atoms with E-state index in [-0.39, 0.29) is 11.6 Å². The van der Waals surface area contributed by atoms with Crippen molar-refractivity contribution in [3.05, 3.63) is 35.4 Å². The van der Waals surface area contributed by atoms with Crippen molar-refractivity contribution in [2.24, 2.45) is 0 Å². The standard InChI is InChI=1S/C14H20F2N2/c15-13-4-5-14(16)12(11-13)3-1-8-18-9-2-6-17-7-10-18/h4-5,11,17H,1-3,6-10H2. The Kier molecular flexibility index (Phi) is 5.08. The Bertz CT molecular complexity index is 374.